The van der Waals surface area contributed by atoms with Crippen molar-refractivity contribution in [2.45, 2.75) is 24.9 Å². The molecule has 1 aromatic carbocycles. The number of hydrogen-bond acceptors (Lipinski definition) is 3. The van der Waals surface area contributed by atoms with Crippen LogP contribution in [-0.2, 0) is 23.1 Å². The third-order valence-electron chi connectivity index (χ3n) is 3.55. The molecular formula is C13H14BrN3O2S. The minimum atomic E-state index is -3.49. The van der Waals surface area contributed by atoms with Gasteiger partial charge in [0.1, 0.15) is 5.82 Å². The second kappa shape index (κ2) is 4.98. The maximum atomic E-state index is 12.8. The summed E-state index contributed by atoms with van der Waals surface area (Å²) in [5, 5.41) is 0. The lowest BCUT2D eigenvalue weighted by atomic mass is 10.2. The van der Waals surface area contributed by atoms with Gasteiger partial charge >= 0.3 is 0 Å². The Labute approximate surface area is 126 Å². The Hall–Kier alpha value is -1.18. The number of imidazole rings is 1. The van der Waals surface area contributed by atoms with E-state index in [2.05, 4.69) is 20.9 Å². The third-order valence-corrected chi connectivity index (χ3v) is 6.39. The molecule has 5 nitrogen and oxygen atoms in total. The van der Waals surface area contributed by atoms with E-state index in [1.807, 2.05) is 23.8 Å². The van der Waals surface area contributed by atoms with Crippen LogP contribution >= 0.6 is 15.9 Å². The highest BCUT2D eigenvalue weighted by atomic mass is 79.9. The molecule has 2 aromatic rings. The van der Waals surface area contributed by atoms with Crippen LogP contribution in [0, 0.1) is 6.92 Å². The molecule has 0 unspecified atom stereocenters. The fourth-order valence-electron chi connectivity index (χ4n) is 2.36. The molecule has 0 N–H and O–H groups in total. The van der Waals surface area contributed by atoms with Gasteiger partial charge in [0.25, 0.3) is 0 Å². The quantitative estimate of drug-likeness (QED) is 0.829. The molecule has 1 aliphatic rings. The number of aromatic nitrogens is 2. The van der Waals surface area contributed by atoms with Crippen LogP contribution < -0.4 is 0 Å². The summed E-state index contributed by atoms with van der Waals surface area (Å²) in [6, 6.07) is 5.24. The molecule has 3 rings (SSSR count). The van der Waals surface area contributed by atoms with E-state index in [4.69, 9.17) is 0 Å². The predicted octanol–water partition coefficient (Wildman–Crippen LogP) is 2.16. The number of nitrogens with zero attached hydrogens (tertiary/aromatic N) is 3. The van der Waals surface area contributed by atoms with Crippen molar-refractivity contribution in [1.82, 2.24) is 13.9 Å². The number of benzene rings is 1. The molecule has 0 aliphatic carbocycles. The molecule has 0 fully saturated rings. The monoisotopic (exact) mass is 355 g/mol. The van der Waals surface area contributed by atoms with E-state index in [0.29, 0.717) is 24.5 Å². The second-order valence-electron chi connectivity index (χ2n) is 4.74. The molecular weight excluding hydrogens is 342 g/mol. The van der Waals surface area contributed by atoms with Gasteiger partial charge in [-0.15, -0.1) is 0 Å². The van der Waals surface area contributed by atoms with Crippen molar-refractivity contribution in [1.29, 1.82) is 0 Å². The number of hydrogen-bond donors (Lipinski definition) is 0. The molecule has 7 heteroatoms. The fourth-order valence-corrected chi connectivity index (χ4v) is 4.49. The van der Waals surface area contributed by atoms with E-state index < -0.39 is 10.0 Å². The van der Waals surface area contributed by atoms with Gasteiger partial charge in [-0.25, -0.2) is 13.4 Å². The third kappa shape index (κ3) is 2.19. The van der Waals surface area contributed by atoms with Crippen LogP contribution in [0.25, 0.3) is 0 Å². The maximum Gasteiger partial charge on any atom is 0.243 e. The van der Waals surface area contributed by atoms with Crippen LogP contribution in [0.3, 0.4) is 0 Å². The molecule has 20 heavy (non-hydrogen) atoms. The van der Waals surface area contributed by atoms with Crippen molar-refractivity contribution in [2.75, 3.05) is 6.54 Å². The topological polar surface area (TPSA) is 55.2 Å². The summed E-state index contributed by atoms with van der Waals surface area (Å²) < 4.78 is 29.8. The van der Waals surface area contributed by atoms with Gasteiger partial charge in [-0.2, -0.15) is 4.31 Å². The van der Waals surface area contributed by atoms with Crippen molar-refractivity contribution >= 4 is 26.0 Å². The van der Waals surface area contributed by atoms with Crippen LogP contribution in [0.4, 0.5) is 0 Å². The van der Waals surface area contributed by atoms with E-state index in [0.717, 1.165) is 15.9 Å². The Morgan fingerprint density at radius 1 is 1.30 bits per heavy atom. The van der Waals surface area contributed by atoms with Crippen molar-refractivity contribution in [2.24, 2.45) is 0 Å². The predicted molar refractivity (Wildman–Crippen MR) is 78.7 cm³/mol. The average Bonchev–Trinajstić information content (AvgIpc) is 2.89. The number of rotatable bonds is 2. The number of halogens is 1. The number of sulfonamides is 1. The molecule has 106 valence electrons. The molecule has 0 atom stereocenters. The summed E-state index contributed by atoms with van der Waals surface area (Å²) in [5.74, 6) is 0.785. The van der Waals surface area contributed by atoms with E-state index >= 15 is 0 Å². The van der Waals surface area contributed by atoms with Gasteiger partial charge in [0.2, 0.25) is 10.0 Å². The van der Waals surface area contributed by atoms with Crippen molar-refractivity contribution < 1.29 is 8.42 Å². The summed E-state index contributed by atoms with van der Waals surface area (Å²) in [7, 11) is -3.49. The van der Waals surface area contributed by atoms with Gasteiger partial charge in [0, 0.05) is 30.0 Å². The lowest BCUT2D eigenvalue weighted by Crippen LogP contribution is -2.38. The first-order valence-corrected chi connectivity index (χ1v) is 8.49. The van der Waals surface area contributed by atoms with Crippen LogP contribution in [0.5, 0.6) is 0 Å². The first-order valence-electron chi connectivity index (χ1n) is 6.25. The minimum Gasteiger partial charge on any atom is -0.333 e. The Bertz CT molecular complexity index is 755. The Morgan fingerprint density at radius 2 is 2.10 bits per heavy atom. The molecule has 0 amide bonds. The number of fused-ring (bicyclic) bond motifs is 1. The van der Waals surface area contributed by atoms with Gasteiger partial charge in [-0.3, -0.25) is 0 Å². The zero-order chi connectivity index (χ0) is 14.3. The summed E-state index contributed by atoms with van der Waals surface area (Å²) >= 11 is 3.38. The van der Waals surface area contributed by atoms with Gasteiger partial charge in [-0.1, -0.05) is 22.0 Å². The normalized spacial score (nSPS) is 16.1. The van der Waals surface area contributed by atoms with Crippen LogP contribution in [-0.4, -0.2) is 28.8 Å². The SMILES string of the molecule is Cc1c(Br)cccc1S(=O)(=O)N1CCn2ccnc2C1. The van der Waals surface area contributed by atoms with E-state index in [-0.39, 0.29) is 0 Å². The van der Waals surface area contributed by atoms with Crippen molar-refractivity contribution in [3.05, 3.63) is 46.5 Å². The highest BCUT2D eigenvalue weighted by molar-refractivity contribution is 9.10. The molecule has 1 aliphatic heterocycles. The zero-order valence-corrected chi connectivity index (χ0v) is 13.4. The van der Waals surface area contributed by atoms with Crippen molar-refractivity contribution in [3.8, 4) is 0 Å². The van der Waals surface area contributed by atoms with E-state index in [1.165, 1.54) is 4.31 Å². The standard InChI is InChI=1S/C13H14BrN3O2S/c1-10-11(14)3-2-4-12(10)20(18,19)17-8-7-16-6-5-15-13(16)9-17/h2-6H,7-9H2,1H3. The van der Waals surface area contributed by atoms with E-state index in [9.17, 15) is 8.42 Å². The summed E-state index contributed by atoms with van der Waals surface area (Å²) in [5.41, 5.74) is 0.737. The van der Waals surface area contributed by atoms with Crippen molar-refractivity contribution in [3.63, 3.8) is 0 Å². The molecule has 1 aromatic heterocycles. The molecule has 0 saturated carbocycles. The smallest absolute Gasteiger partial charge is 0.243 e. The molecule has 0 spiro atoms. The Kier molecular flexibility index (Phi) is 3.43. The molecule has 0 saturated heterocycles. The minimum absolute atomic E-state index is 0.321. The van der Waals surface area contributed by atoms with Gasteiger partial charge in [0.05, 0.1) is 11.4 Å². The summed E-state index contributed by atoms with van der Waals surface area (Å²) in [4.78, 5) is 4.56. The highest BCUT2D eigenvalue weighted by Gasteiger charge is 2.30. The van der Waals surface area contributed by atoms with Crippen LogP contribution in [0.2, 0.25) is 0 Å². The zero-order valence-electron chi connectivity index (χ0n) is 11.0. The largest absolute Gasteiger partial charge is 0.333 e. The van der Waals surface area contributed by atoms with Crippen LogP contribution in [0.1, 0.15) is 11.4 Å². The summed E-state index contributed by atoms with van der Waals surface area (Å²) in [6.07, 6.45) is 3.58. The maximum absolute atomic E-state index is 12.8. The molecule has 0 bridgehead atoms. The van der Waals surface area contributed by atoms with Gasteiger partial charge in [-0.05, 0) is 24.6 Å². The molecule has 0 radical (unpaired) electrons. The first kappa shape index (κ1) is 13.8. The van der Waals surface area contributed by atoms with Gasteiger partial charge in [0.15, 0.2) is 0 Å². The Balaban J connectivity index is 1.99. The average molecular weight is 356 g/mol. The van der Waals surface area contributed by atoms with E-state index in [1.54, 1.807) is 18.3 Å². The van der Waals surface area contributed by atoms with Crippen LogP contribution in [0.15, 0.2) is 40.0 Å². The first-order chi connectivity index (χ1) is 9.50. The Morgan fingerprint density at radius 3 is 2.90 bits per heavy atom. The lowest BCUT2D eigenvalue weighted by molar-refractivity contribution is 0.335. The van der Waals surface area contributed by atoms with Gasteiger partial charge < -0.3 is 4.57 Å². The lowest BCUT2D eigenvalue weighted by Gasteiger charge is -2.27. The fraction of sp³-hybridized carbons (Fsp3) is 0.308. The molecule has 2 heterocycles. The second-order valence-corrected chi connectivity index (χ2v) is 7.50. The highest BCUT2D eigenvalue weighted by Crippen LogP contribution is 2.27. The summed E-state index contributed by atoms with van der Waals surface area (Å²) in [6.45, 7) is 3.24.